The SMILES string of the molecule is COc1cnc(CCl)c(C(F)(F)F)c1OC(F)(F)F. The first-order valence-corrected chi connectivity index (χ1v) is 5.08. The van der Waals surface area contributed by atoms with E-state index in [4.69, 9.17) is 11.6 Å². The third-order valence-electron chi connectivity index (χ3n) is 1.92. The van der Waals surface area contributed by atoms with Crippen LogP contribution < -0.4 is 9.47 Å². The van der Waals surface area contributed by atoms with Crippen molar-refractivity contribution in [2.45, 2.75) is 18.4 Å². The average molecular weight is 310 g/mol. The van der Waals surface area contributed by atoms with Crippen molar-refractivity contribution in [2.75, 3.05) is 7.11 Å². The van der Waals surface area contributed by atoms with Crippen LogP contribution in [0, 0.1) is 0 Å². The summed E-state index contributed by atoms with van der Waals surface area (Å²) in [5.74, 6) is -3.03. The number of ether oxygens (including phenoxy) is 2. The van der Waals surface area contributed by atoms with Gasteiger partial charge in [0.25, 0.3) is 0 Å². The molecule has 0 aliphatic rings. The molecule has 0 unspecified atom stereocenters. The highest BCUT2D eigenvalue weighted by atomic mass is 35.5. The van der Waals surface area contributed by atoms with Gasteiger partial charge >= 0.3 is 12.5 Å². The van der Waals surface area contributed by atoms with E-state index >= 15 is 0 Å². The van der Waals surface area contributed by atoms with Crippen molar-refractivity contribution in [3.63, 3.8) is 0 Å². The van der Waals surface area contributed by atoms with Gasteiger partial charge in [-0.05, 0) is 0 Å². The second-order valence-electron chi connectivity index (χ2n) is 3.16. The van der Waals surface area contributed by atoms with Crippen molar-refractivity contribution in [2.24, 2.45) is 0 Å². The molecule has 1 heterocycles. The Kier molecular flexibility index (Phi) is 4.39. The second-order valence-corrected chi connectivity index (χ2v) is 3.42. The molecule has 0 aliphatic heterocycles. The second kappa shape index (κ2) is 5.32. The largest absolute Gasteiger partial charge is 0.573 e. The number of hydrogen-bond acceptors (Lipinski definition) is 3. The van der Waals surface area contributed by atoms with Crippen molar-refractivity contribution < 1.29 is 35.8 Å². The molecule has 1 aromatic heterocycles. The predicted molar refractivity (Wildman–Crippen MR) is 52.0 cm³/mol. The van der Waals surface area contributed by atoms with E-state index in [2.05, 4.69) is 14.5 Å². The molecule has 0 saturated carbocycles. The van der Waals surface area contributed by atoms with E-state index < -0.39 is 41.2 Å². The van der Waals surface area contributed by atoms with Crippen LogP contribution in [-0.4, -0.2) is 18.5 Å². The number of aromatic nitrogens is 1. The van der Waals surface area contributed by atoms with Crippen LogP contribution in [-0.2, 0) is 12.1 Å². The van der Waals surface area contributed by atoms with Gasteiger partial charge in [0.15, 0.2) is 11.5 Å². The Morgan fingerprint density at radius 3 is 2.16 bits per heavy atom. The maximum Gasteiger partial charge on any atom is 0.573 e. The van der Waals surface area contributed by atoms with Crippen LogP contribution in [0.15, 0.2) is 6.20 Å². The number of methoxy groups -OCH3 is 1. The summed E-state index contributed by atoms with van der Waals surface area (Å²) < 4.78 is 82.6. The minimum atomic E-state index is -5.31. The lowest BCUT2D eigenvalue weighted by Crippen LogP contribution is -2.22. The summed E-state index contributed by atoms with van der Waals surface area (Å²) in [6, 6.07) is 0. The highest BCUT2D eigenvalue weighted by molar-refractivity contribution is 6.17. The summed E-state index contributed by atoms with van der Waals surface area (Å²) in [6.07, 6.45) is -9.75. The van der Waals surface area contributed by atoms with Gasteiger partial charge in [-0.1, -0.05) is 0 Å². The molecule has 108 valence electrons. The summed E-state index contributed by atoms with van der Waals surface area (Å²) in [7, 11) is 0.890. The molecule has 0 fully saturated rings. The molecule has 3 nitrogen and oxygen atoms in total. The van der Waals surface area contributed by atoms with Gasteiger partial charge < -0.3 is 9.47 Å². The van der Waals surface area contributed by atoms with E-state index in [1.165, 1.54) is 0 Å². The van der Waals surface area contributed by atoms with Crippen LogP contribution in [0.3, 0.4) is 0 Å². The van der Waals surface area contributed by atoms with E-state index in [1.807, 2.05) is 0 Å². The fraction of sp³-hybridized carbons (Fsp3) is 0.444. The van der Waals surface area contributed by atoms with Crippen LogP contribution in [0.4, 0.5) is 26.3 Å². The monoisotopic (exact) mass is 309 g/mol. The van der Waals surface area contributed by atoms with Gasteiger partial charge in [-0.3, -0.25) is 4.98 Å². The lowest BCUT2D eigenvalue weighted by atomic mass is 10.1. The Morgan fingerprint density at radius 2 is 1.79 bits per heavy atom. The van der Waals surface area contributed by atoms with Gasteiger partial charge in [-0.2, -0.15) is 13.2 Å². The molecule has 19 heavy (non-hydrogen) atoms. The van der Waals surface area contributed by atoms with Crippen LogP contribution in [0.1, 0.15) is 11.3 Å². The van der Waals surface area contributed by atoms with Crippen LogP contribution in [0.5, 0.6) is 11.5 Å². The quantitative estimate of drug-likeness (QED) is 0.629. The molecule has 0 saturated heterocycles. The van der Waals surface area contributed by atoms with Gasteiger partial charge in [0.2, 0.25) is 0 Å². The summed E-state index contributed by atoms with van der Waals surface area (Å²) in [4.78, 5) is 3.30. The van der Waals surface area contributed by atoms with Crippen molar-refractivity contribution in [1.82, 2.24) is 4.98 Å². The molecule has 1 rings (SSSR count). The van der Waals surface area contributed by atoms with Gasteiger partial charge in [-0.25, -0.2) is 0 Å². The van der Waals surface area contributed by atoms with Gasteiger partial charge in [0.05, 0.1) is 24.9 Å². The third-order valence-corrected chi connectivity index (χ3v) is 2.18. The number of rotatable bonds is 3. The molecule has 0 N–H and O–H groups in total. The molecule has 0 aliphatic carbocycles. The van der Waals surface area contributed by atoms with Gasteiger partial charge in [0.1, 0.15) is 5.56 Å². The topological polar surface area (TPSA) is 31.4 Å². The lowest BCUT2D eigenvalue weighted by Gasteiger charge is -2.19. The molecule has 0 bridgehead atoms. The number of alkyl halides is 7. The van der Waals surface area contributed by atoms with Gasteiger partial charge in [0, 0.05) is 0 Å². The van der Waals surface area contributed by atoms with Crippen LogP contribution >= 0.6 is 11.6 Å². The summed E-state index contributed by atoms with van der Waals surface area (Å²) in [6.45, 7) is 0. The Balaban J connectivity index is 3.53. The van der Waals surface area contributed by atoms with E-state index in [0.29, 0.717) is 6.20 Å². The lowest BCUT2D eigenvalue weighted by molar-refractivity contribution is -0.276. The highest BCUT2D eigenvalue weighted by Crippen LogP contribution is 2.45. The van der Waals surface area contributed by atoms with Gasteiger partial charge in [-0.15, -0.1) is 24.8 Å². The summed E-state index contributed by atoms with van der Waals surface area (Å²) >= 11 is 5.24. The standard InChI is InChI=1S/C9H6ClF6NO2/c1-18-5-3-17-4(2-10)6(8(11,12)13)7(5)19-9(14,15)16/h3H,2H2,1H3. The normalized spacial score (nSPS) is 12.4. The van der Waals surface area contributed by atoms with Crippen molar-refractivity contribution in [1.29, 1.82) is 0 Å². The van der Waals surface area contributed by atoms with E-state index in [-0.39, 0.29) is 0 Å². The van der Waals surface area contributed by atoms with E-state index in [1.54, 1.807) is 0 Å². The maximum absolute atomic E-state index is 12.8. The Bertz CT molecular complexity index is 459. The molecular weight excluding hydrogens is 304 g/mol. The molecule has 0 radical (unpaired) electrons. The van der Waals surface area contributed by atoms with Crippen molar-refractivity contribution >= 4 is 11.6 Å². The zero-order chi connectivity index (χ0) is 14.8. The first-order valence-electron chi connectivity index (χ1n) is 4.55. The Labute approximate surface area is 108 Å². The minimum Gasteiger partial charge on any atom is -0.491 e. The Hall–Kier alpha value is -1.38. The number of hydrogen-bond donors (Lipinski definition) is 0. The molecular formula is C9H6ClF6NO2. The molecule has 0 spiro atoms. The first kappa shape index (κ1) is 15.7. The molecule has 0 aromatic carbocycles. The number of halogens is 7. The highest BCUT2D eigenvalue weighted by Gasteiger charge is 2.43. The van der Waals surface area contributed by atoms with Crippen molar-refractivity contribution in [3.05, 3.63) is 17.5 Å². The fourth-order valence-electron chi connectivity index (χ4n) is 1.27. The van der Waals surface area contributed by atoms with Crippen LogP contribution in [0.2, 0.25) is 0 Å². The average Bonchev–Trinajstić information content (AvgIpc) is 2.24. The number of pyridine rings is 1. The number of nitrogens with zero attached hydrogens (tertiary/aromatic N) is 1. The zero-order valence-electron chi connectivity index (χ0n) is 9.19. The zero-order valence-corrected chi connectivity index (χ0v) is 9.95. The molecule has 1 aromatic rings. The van der Waals surface area contributed by atoms with E-state index in [0.717, 1.165) is 7.11 Å². The summed E-state index contributed by atoms with van der Waals surface area (Å²) in [5, 5.41) is 0. The minimum absolute atomic E-state index is 0.675. The van der Waals surface area contributed by atoms with Crippen molar-refractivity contribution in [3.8, 4) is 11.5 Å². The van der Waals surface area contributed by atoms with Crippen LogP contribution in [0.25, 0.3) is 0 Å². The maximum atomic E-state index is 12.8. The first-order chi connectivity index (χ1) is 8.60. The third kappa shape index (κ3) is 3.79. The molecule has 0 amide bonds. The Morgan fingerprint density at radius 1 is 1.21 bits per heavy atom. The van der Waals surface area contributed by atoms with E-state index in [9.17, 15) is 26.3 Å². The molecule has 0 atom stereocenters. The fourth-order valence-corrected chi connectivity index (χ4v) is 1.47. The molecule has 10 heteroatoms. The summed E-state index contributed by atoms with van der Waals surface area (Å²) in [5.41, 5.74) is -2.49. The smallest absolute Gasteiger partial charge is 0.491 e. The predicted octanol–water partition coefficient (Wildman–Crippen LogP) is 3.75.